The van der Waals surface area contributed by atoms with E-state index in [9.17, 15) is 13.2 Å². The summed E-state index contributed by atoms with van der Waals surface area (Å²) in [6, 6.07) is -0.726. The summed E-state index contributed by atoms with van der Waals surface area (Å²) in [7, 11) is -3.98. The number of hydrogen-bond acceptors (Lipinski definition) is 5. The number of nitrogens with zero attached hydrogens (tertiary/aromatic N) is 1. The van der Waals surface area contributed by atoms with Gasteiger partial charge >= 0.3 is 0 Å². The highest BCUT2D eigenvalue weighted by molar-refractivity contribution is 7.85. The maximum absolute atomic E-state index is 11.5. The number of H-pyrrole nitrogens is 1. The van der Waals surface area contributed by atoms with Gasteiger partial charge in [0.1, 0.15) is 0 Å². The van der Waals surface area contributed by atoms with Gasteiger partial charge in [0.15, 0.2) is 0 Å². The number of aromatic nitrogens is 2. The molecule has 1 rings (SSSR count). The second-order valence-electron chi connectivity index (χ2n) is 3.82. The second-order valence-corrected chi connectivity index (χ2v) is 5.39. The molecule has 1 aromatic heterocycles. The number of rotatable bonds is 7. The molecule has 0 spiro atoms. The molecule has 8 nitrogen and oxygen atoms in total. The van der Waals surface area contributed by atoms with Gasteiger partial charge in [0.25, 0.3) is 10.1 Å². The minimum absolute atomic E-state index is 0.140. The smallest absolute Gasteiger partial charge is 0.264 e. The van der Waals surface area contributed by atoms with E-state index in [0.717, 1.165) is 5.69 Å². The van der Waals surface area contributed by atoms with Crippen molar-refractivity contribution in [3.63, 3.8) is 0 Å². The van der Waals surface area contributed by atoms with Gasteiger partial charge in [0.05, 0.1) is 18.1 Å². The van der Waals surface area contributed by atoms with Gasteiger partial charge in [-0.2, -0.15) is 8.42 Å². The van der Waals surface area contributed by atoms with E-state index < -0.39 is 16.2 Å². The van der Waals surface area contributed by atoms with Crippen molar-refractivity contribution in [3.8, 4) is 0 Å². The Balaban J connectivity index is 2.24. The van der Waals surface area contributed by atoms with E-state index in [1.165, 1.54) is 6.33 Å². The Hall–Kier alpha value is -1.45. The lowest BCUT2D eigenvalue weighted by Gasteiger charge is -2.10. The van der Waals surface area contributed by atoms with Crippen LogP contribution in [0.1, 0.15) is 12.1 Å². The monoisotopic (exact) mass is 278 g/mol. The third-order valence-electron chi connectivity index (χ3n) is 2.21. The number of aromatic amines is 1. The number of nitrogens with two attached hydrogens (primary N) is 1. The van der Waals surface area contributed by atoms with Gasteiger partial charge in [-0.05, 0) is 6.42 Å². The Labute approximate surface area is 105 Å². The van der Waals surface area contributed by atoms with E-state index in [4.69, 9.17) is 10.3 Å². The number of amides is 1. The van der Waals surface area contributed by atoms with Crippen LogP contribution in [0.3, 0.4) is 0 Å². The maximum Gasteiger partial charge on any atom is 0.264 e. The summed E-state index contributed by atoms with van der Waals surface area (Å²) in [6.07, 6.45) is 3.53. The molecule has 0 saturated heterocycles. The zero-order valence-corrected chi connectivity index (χ0v) is 10.5. The molecule has 0 radical (unpaired) electrons. The van der Waals surface area contributed by atoms with Gasteiger partial charge in [-0.25, -0.2) is 4.98 Å². The van der Waals surface area contributed by atoms with Crippen LogP contribution in [0.25, 0.3) is 0 Å². The number of imidazole rings is 1. The molecule has 0 aliphatic rings. The first-order valence-corrected chi connectivity index (χ1v) is 6.95. The lowest BCUT2D eigenvalue weighted by molar-refractivity contribution is -0.122. The van der Waals surface area contributed by atoms with Crippen molar-refractivity contribution in [1.29, 1.82) is 0 Å². The quantitative estimate of drug-likeness (QED) is 0.277. The summed E-state index contributed by atoms with van der Waals surface area (Å²) < 4.78 is 29.3. The average Bonchev–Trinajstić information content (AvgIpc) is 2.75. The van der Waals surface area contributed by atoms with Crippen molar-refractivity contribution in [2.45, 2.75) is 18.9 Å². The predicted octanol–water partition coefficient (Wildman–Crippen LogP) is -1.33. The Morgan fingerprint density at radius 3 is 2.94 bits per heavy atom. The molecule has 9 heteroatoms. The third-order valence-corrected chi connectivity index (χ3v) is 3.01. The number of nitrogens with one attached hydrogen (secondary N) is 2. The maximum atomic E-state index is 11.5. The van der Waals surface area contributed by atoms with Gasteiger partial charge in [0, 0.05) is 24.9 Å². The highest BCUT2D eigenvalue weighted by atomic mass is 32.2. The fourth-order valence-corrected chi connectivity index (χ4v) is 1.83. The first kappa shape index (κ1) is 14.6. The largest absolute Gasteiger partial charge is 0.355 e. The summed E-state index contributed by atoms with van der Waals surface area (Å²) in [5.74, 6) is -0.761. The summed E-state index contributed by atoms with van der Waals surface area (Å²) >= 11 is 0. The molecule has 1 heterocycles. The van der Waals surface area contributed by atoms with Crippen molar-refractivity contribution in [1.82, 2.24) is 15.3 Å². The van der Waals surface area contributed by atoms with Crippen molar-refractivity contribution in [2.24, 2.45) is 5.73 Å². The number of carbonyl (C=O) groups is 1. The van der Waals surface area contributed by atoms with Crippen LogP contribution in [0.4, 0.5) is 0 Å². The molecule has 0 aliphatic carbocycles. The lowest BCUT2D eigenvalue weighted by Crippen LogP contribution is -2.42. The predicted molar refractivity (Wildman–Crippen MR) is 64.3 cm³/mol. The molecule has 0 aromatic carbocycles. The van der Waals surface area contributed by atoms with Crippen LogP contribution < -0.4 is 11.1 Å². The van der Waals surface area contributed by atoms with E-state index in [1.54, 1.807) is 6.20 Å². The molecular formula is C9H16N4O4S. The molecule has 1 amide bonds. The summed E-state index contributed by atoms with van der Waals surface area (Å²) in [5.41, 5.74) is 6.39. The Kier molecular flexibility index (Phi) is 5.25. The average molecular weight is 278 g/mol. The van der Waals surface area contributed by atoms with Gasteiger partial charge in [-0.1, -0.05) is 0 Å². The molecule has 102 valence electrons. The first-order chi connectivity index (χ1) is 8.38. The third kappa shape index (κ3) is 5.75. The standard InChI is InChI=1S/C9H16N4O4S/c10-8(4-7-5-11-6-13-7)9(14)12-2-1-3-18(15,16)17/h5-6,8H,1-4,10H2,(H,11,13)(H,12,14)(H,15,16,17)/t8-/m0/s1/i14+2. The van der Waals surface area contributed by atoms with Crippen LogP contribution in [0.2, 0.25) is 0 Å². The van der Waals surface area contributed by atoms with Crippen molar-refractivity contribution < 1.29 is 17.8 Å². The van der Waals surface area contributed by atoms with Gasteiger partial charge in [-0.15, -0.1) is 0 Å². The molecule has 0 fully saturated rings. The minimum atomic E-state index is -3.98. The topological polar surface area (TPSA) is 138 Å². The van der Waals surface area contributed by atoms with E-state index in [-0.39, 0.29) is 24.6 Å². The lowest BCUT2D eigenvalue weighted by atomic mass is 10.1. The number of hydrogen-bond donors (Lipinski definition) is 4. The molecule has 18 heavy (non-hydrogen) atoms. The molecule has 1 aromatic rings. The first-order valence-electron chi connectivity index (χ1n) is 5.34. The van der Waals surface area contributed by atoms with E-state index >= 15 is 0 Å². The summed E-state index contributed by atoms with van der Waals surface area (Å²) in [5, 5.41) is 2.49. The van der Waals surface area contributed by atoms with Crippen LogP contribution in [0.5, 0.6) is 0 Å². The van der Waals surface area contributed by atoms with Crippen molar-refractivity contribution in [3.05, 3.63) is 18.2 Å². The van der Waals surface area contributed by atoms with E-state index in [1.807, 2.05) is 0 Å². The molecule has 5 N–H and O–H groups in total. The zero-order valence-electron chi connectivity index (χ0n) is 9.67. The van der Waals surface area contributed by atoms with Crippen molar-refractivity contribution in [2.75, 3.05) is 12.3 Å². The van der Waals surface area contributed by atoms with E-state index in [0.29, 0.717) is 6.42 Å². The minimum Gasteiger partial charge on any atom is -0.355 e. The van der Waals surface area contributed by atoms with Crippen LogP contribution in [-0.2, 0) is 21.3 Å². The molecule has 0 aliphatic heterocycles. The van der Waals surface area contributed by atoms with Crippen molar-refractivity contribution >= 4 is 16.0 Å². The summed E-state index contributed by atoms with van der Waals surface area (Å²) in [6.45, 7) is 0.148. The molecule has 0 saturated carbocycles. The van der Waals surface area contributed by atoms with Crippen LogP contribution >= 0.6 is 0 Å². The highest BCUT2D eigenvalue weighted by Crippen LogP contribution is 1.96. The Bertz CT molecular complexity index is 471. The van der Waals surface area contributed by atoms with Crippen LogP contribution in [0.15, 0.2) is 12.5 Å². The van der Waals surface area contributed by atoms with Crippen LogP contribution in [-0.4, -0.2) is 47.2 Å². The fraction of sp³-hybridized carbons (Fsp3) is 0.556. The Morgan fingerprint density at radius 1 is 1.67 bits per heavy atom. The van der Waals surface area contributed by atoms with E-state index in [2.05, 4.69) is 15.3 Å². The fourth-order valence-electron chi connectivity index (χ4n) is 1.32. The second kappa shape index (κ2) is 6.47. The molecule has 0 unspecified atom stereocenters. The number of carbonyl (C=O) groups excluding carboxylic acids is 1. The molecule has 1 atom stereocenters. The van der Waals surface area contributed by atoms with Crippen LogP contribution in [0, 0.1) is 0 Å². The zero-order chi connectivity index (χ0) is 13.6. The molecule has 0 bridgehead atoms. The van der Waals surface area contributed by atoms with Gasteiger partial charge in [0.2, 0.25) is 5.91 Å². The summed E-state index contributed by atoms with van der Waals surface area (Å²) in [4.78, 5) is 18.1. The molecular weight excluding hydrogens is 262 g/mol. The van der Waals surface area contributed by atoms with Gasteiger partial charge in [-0.3, -0.25) is 9.35 Å². The normalized spacial score (nSPS) is 13.2. The highest BCUT2D eigenvalue weighted by Gasteiger charge is 2.14. The van der Waals surface area contributed by atoms with Gasteiger partial charge < -0.3 is 16.0 Å². The SMILES string of the molecule is N[C@@H](Cc1cnc[nH]1)C(=[18O])NCCCS(=O)(=O)O. The Morgan fingerprint density at radius 2 is 2.39 bits per heavy atom.